The van der Waals surface area contributed by atoms with Crippen molar-refractivity contribution in [2.45, 2.75) is 76.4 Å². The van der Waals surface area contributed by atoms with E-state index in [2.05, 4.69) is 26.0 Å². The maximum Gasteiger partial charge on any atom is 0.238 e. The van der Waals surface area contributed by atoms with Crippen molar-refractivity contribution in [1.29, 1.82) is 0 Å². The highest BCUT2D eigenvalue weighted by molar-refractivity contribution is 8.00. The SMILES string of the molecule is CCCCCCSC(CCCCCC)(C(N)=O)c1ccccc1. The first-order valence-electron chi connectivity index (χ1n) is 9.16. The smallest absolute Gasteiger partial charge is 0.238 e. The maximum absolute atomic E-state index is 12.4. The normalized spacial score (nSPS) is 13.7. The summed E-state index contributed by atoms with van der Waals surface area (Å²) in [7, 11) is 0. The Balaban J connectivity index is 2.80. The van der Waals surface area contributed by atoms with Crippen LogP contribution < -0.4 is 5.73 Å². The first-order valence-corrected chi connectivity index (χ1v) is 10.1. The molecule has 3 heteroatoms. The summed E-state index contributed by atoms with van der Waals surface area (Å²) in [6.07, 6.45) is 10.4. The molecule has 0 fully saturated rings. The van der Waals surface area contributed by atoms with Gasteiger partial charge < -0.3 is 5.73 Å². The van der Waals surface area contributed by atoms with E-state index in [-0.39, 0.29) is 5.91 Å². The quantitative estimate of drug-likeness (QED) is 0.473. The van der Waals surface area contributed by atoms with Crippen molar-refractivity contribution < 1.29 is 4.79 Å². The molecule has 0 saturated heterocycles. The molecule has 1 amide bonds. The first kappa shape index (κ1) is 20.1. The lowest BCUT2D eigenvalue weighted by atomic mass is 9.91. The molecule has 0 aliphatic rings. The summed E-state index contributed by atoms with van der Waals surface area (Å²) in [5.41, 5.74) is 6.97. The van der Waals surface area contributed by atoms with Gasteiger partial charge in [0.1, 0.15) is 4.75 Å². The van der Waals surface area contributed by atoms with Gasteiger partial charge in [-0.05, 0) is 24.2 Å². The first-order chi connectivity index (χ1) is 11.2. The summed E-state index contributed by atoms with van der Waals surface area (Å²) in [6, 6.07) is 10.1. The van der Waals surface area contributed by atoms with Crippen LogP contribution in [0.5, 0.6) is 0 Å². The van der Waals surface area contributed by atoms with Gasteiger partial charge in [-0.1, -0.05) is 89.1 Å². The van der Waals surface area contributed by atoms with Crippen molar-refractivity contribution in [2.24, 2.45) is 5.73 Å². The largest absolute Gasteiger partial charge is 0.368 e. The van der Waals surface area contributed by atoms with Gasteiger partial charge in [-0.15, -0.1) is 11.8 Å². The van der Waals surface area contributed by atoms with Gasteiger partial charge in [0.05, 0.1) is 0 Å². The van der Waals surface area contributed by atoms with Crippen molar-refractivity contribution in [2.75, 3.05) is 5.75 Å². The Labute approximate surface area is 146 Å². The average Bonchev–Trinajstić information content (AvgIpc) is 2.57. The Morgan fingerprint density at radius 3 is 2.13 bits per heavy atom. The van der Waals surface area contributed by atoms with Gasteiger partial charge in [-0.3, -0.25) is 4.79 Å². The number of carbonyl (C=O) groups is 1. The van der Waals surface area contributed by atoms with Gasteiger partial charge in [-0.25, -0.2) is 0 Å². The van der Waals surface area contributed by atoms with E-state index in [4.69, 9.17) is 5.73 Å². The topological polar surface area (TPSA) is 43.1 Å². The van der Waals surface area contributed by atoms with E-state index in [0.29, 0.717) is 0 Å². The number of carbonyl (C=O) groups excluding carboxylic acids is 1. The predicted octanol–water partition coefficient (Wildman–Crippen LogP) is 5.65. The number of primary amides is 1. The summed E-state index contributed by atoms with van der Waals surface area (Å²) in [6.45, 7) is 4.43. The lowest BCUT2D eigenvalue weighted by Gasteiger charge is -2.31. The molecular weight excluding hydrogens is 302 g/mol. The van der Waals surface area contributed by atoms with Crippen molar-refractivity contribution in [3.8, 4) is 0 Å². The van der Waals surface area contributed by atoms with Crippen molar-refractivity contribution in [3.05, 3.63) is 35.9 Å². The number of amides is 1. The fourth-order valence-corrected chi connectivity index (χ4v) is 4.35. The number of thioether (sulfide) groups is 1. The van der Waals surface area contributed by atoms with Gasteiger partial charge in [0.25, 0.3) is 0 Å². The van der Waals surface area contributed by atoms with E-state index in [1.165, 1.54) is 38.5 Å². The number of hydrogen-bond donors (Lipinski definition) is 1. The number of nitrogens with two attached hydrogens (primary N) is 1. The van der Waals surface area contributed by atoms with Crippen molar-refractivity contribution >= 4 is 17.7 Å². The zero-order valence-electron chi connectivity index (χ0n) is 14.9. The third-order valence-electron chi connectivity index (χ3n) is 4.37. The van der Waals surface area contributed by atoms with E-state index in [0.717, 1.165) is 30.6 Å². The second-order valence-corrected chi connectivity index (χ2v) is 7.67. The van der Waals surface area contributed by atoms with Gasteiger partial charge in [0.2, 0.25) is 5.91 Å². The molecule has 2 N–H and O–H groups in total. The highest BCUT2D eigenvalue weighted by atomic mass is 32.2. The summed E-state index contributed by atoms with van der Waals surface area (Å²) in [4.78, 5) is 12.4. The second-order valence-electron chi connectivity index (χ2n) is 6.28. The fourth-order valence-electron chi connectivity index (χ4n) is 2.92. The van der Waals surface area contributed by atoms with E-state index < -0.39 is 4.75 Å². The third-order valence-corrected chi connectivity index (χ3v) is 5.99. The molecular formula is C20H33NOS. The highest BCUT2D eigenvalue weighted by Gasteiger charge is 2.38. The number of unbranched alkanes of at least 4 members (excludes halogenated alkanes) is 6. The Morgan fingerprint density at radius 1 is 0.957 bits per heavy atom. The van der Waals surface area contributed by atoms with E-state index in [9.17, 15) is 4.79 Å². The molecule has 2 nitrogen and oxygen atoms in total. The molecule has 0 spiro atoms. The van der Waals surface area contributed by atoms with Crippen LogP contribution in [0.25, 0.3) is 0 Å². The van der Waals surface area contributed by atoms with Crippen LogP contribution in [0.4, 0.5) is 0 Å². The fraction of sp³-hybridized carbons (Fsp3) is 0.650. The number of benzene rings is 1. The van der Waals surface area contributed by atoms with Crippen LogP contribution in [-0.4, -0.2) is 11.7 Å². The van der Waals surface area contributed by atoms with Crippen LogP contribution in [0.2, 0.25) is 0 Å². The molecule has 0 aliphatic heterocycles. The van der Waals surface area contributed by atoms with Crippen LogP contribution in [0, 0.1) is 0 Å². The molecule has 130 valence electrons. The van der Waals surface area contributed by atoms with Crippen LogP contribution in [-0.2, 0) is 9.54 Å². The molecule has 1 aromatic carbocycles. The van der Waals surface area contributed by atoms with E-state index in [1.54, 1.807) is 11.8 Å². The Hall–Kier alpha value is -0.960. The van der Waals surface area contributed by atoms with Crippen LogP contribution in [0.3, 0.4) is 0 Å². The molecule has 0 saturated carbocycles. The minimum atomic E-state index is -0.554. The summed E-state index contributed by atoms with van der Waals surface area (Å²) < 4.78 is -0.554. The Morgan fingerprint density at radius 2 is 1.57 bits per heavy atom. The lowest BCUT2D eigenvalue weighted by molar-refractivity contribution is -0.120. The molecule has 1 atom stereocenters. The minimum absolute atomic E-state index is 0.180. The van der Waals surface area contributed by atoms with Gasteiger partial charge in [-0.2, -0.15) is 0 Å². The molecule has 0 heterocycles. The molecule has 0 aromatic heterocycles. The predicted molar refractivity (Wildman–Crippen MR) is 103 cm³/mol. The van der Waals surface area contributed by atoms with Crippen molar-refractivity contribution in [1.82, 2.24) is 0 Å². The second kappa shape index (κ2) is 11.6. The number of hydrogen-bond acceptors (Lipinski definition) is 2. The van der Waals surface area contributed by atoms with Crippen LogP contribution in [0.15, 0.2) is 30.3 Å². The molecule has 23 heavy (non-hydrogen) atoms. The molecule has 1 rings (SSSR count). The Bertz CT molecular complexity index is 435. The summed E-state index contributed by atoms with van der Waals surface area (Å²) in [5.74, 6) is 0.826. The molecule has 0 radical (unpaired) electrons. The zero-order valence-corrected chi connectivity index (χ0v) is 15.7. The average molecular weight is 336 g/mol. The monoisotopic (exact) mass is 335 g/mol. The van der Waals surface area contributed by atoms with Crippen LogP contribution >= 0.6 is 11.8 Å². The summed E-state index contributed by atoms with van der Waals surface area (Å²) >= 11 is 1.76. The molecule has 1 aromatic rings. The third kappa shape index (κ3) is 6.58. The maximum atomic E-state index is 12.4. The van der Waals surface area contributed by atoms with Gasteiger partial charge >= 0.3 is 0 Å². The lowest BCUT2D eigenvalue weighted by Crippen LogP contribution is -2.38. The van der Waals surface area contributed by atoms with E-state index >= 15 is 0 Å². The zero-order chi connectivity index (χ0) is 17.0. The summed E-state index contributed by atoms with van der Waals surface area (Å²) in [5, 5.41) is 0. The van der Waals surface area contributed by atoms with Gasteiger partial charge in [0, 0.05) is 0 Å². The molecule has 0 bridgehead atoms. The number of rotatable bonds is 13. The standard InChI is InChI=1S/C20H33NOS/c1-3-5-7-12-16-20(19(21)22,18-14-10-9-11-15-18)23-17-13-8-6-4-2/h9-11,14-15H,3-8,12-13,16-17H2,1-2H3,(H2,21,22). The molecule has 0 aliphatic carbocycles. The van der Waals surface area contributed by atoms with Crippen LogP contribution in [0.1, 0.15) is 77.2 Å². The minimum Gasteiger partial charge on any atom is -0.368 e. The van der Waals surface area contributed by atoms with E-state index in [1.807, 2.05) is 18.2 Å². The van der Waals surface area contributed by atoms with Gasteiger partial charge in [0.15, 0.2) is 0 Å². The highest BCUT2D eigenvalue weighted by Crippen LogP contribution is 2.41. The Kier molecular flexibility index (Phi) is 10.1. The van der Waals surface area contributed by atoms with Crippen molar-refractivity contribution in [3.63, 3.8) is 0 Å². The molecule has 1 unspecified atom stereocenters.